The molecule has 2 nitrogen and oxygen atoms in total. The second kappa shape index (κ2) is 5.69. The van der Waals surface area contributed by atoms with Gasteiger partial charge in [-0.05, 0) is 19.3 Å². The molecular formula is C8H19NO. The summed E-state index contributed by atoms with van der Waals surface area (Å²) in [5, 5.41) is 0. The largest absolute Gasteiger partial charge is 0.377 e. The van der Waals surface area contributed by atoms with Crippen molar-refractivity contribution in [2.24, 2.45) is 11.7 Å². The summed E-state index contributed by atoms with van der Waals surface area (Å²) in [4.78, 5) is 0. The molecule has 0 fully saturated rings. The van der Waals surface area contributed by atoms with Gasteiger partial charge in [0.05, 0.1) is 6.10 Å². The summed E-state index contributed by atoms with van der Waals surface area (Å²) in [6.07, 6.45) is 1.35. The van der Waals surface area contributed by atoms with Gasteiger partial charge in [-0.1, -0.05) is 13.8 Å². The predicted octanol–water partition coefficient (Wildman–Crippen LogP) is 1.40. The summed E-state index contributed by atoms with van der Waals surface area (Å²) < 4.78 is 5.38. The summed E-state index contributed by atoms with van der Waals surface area (Å²) in [6.45, 7) is 7.85. The fraction of sp³-hybridized carbons (Fsp3) is 1.00. The number of ether oxygens (including phenoxy) is 1. The van der Waals surface area contributed by atoms with Crippen LogP contribution >= 0.6 is 0 Å². The lowest BCUT2D eigenvalue weighted by atomic mass is 10.1. The summed E-state index contributed by atoms with van der Waals surface area (Å²) >= 11 is 0. The van der Waals surface area contributed by atoms with Crippen molar-refractivity contribution < 1.29 is 4.74 Å². The summed E-state index contributed by atoms with van der Waals surface area (Å²) in [5.41, 5.74) is 5.36. The first-order valence-corrected chi connectivity index (χ1v) is 3.98. The quantitative estimate of drug-likeness (QED) is 0.634. The lowest BCUT2D eigenvalue weighted by molar-refractivity contribution is 0.0644. The van der Waals surface area contributed by atoms with Gasteiger partial charge in [-0.3, -0.25) is 0 Å². The number of hydrogen-bond donors (Lipinski definition) is 1. The van der Waals surface area contributed by atoms with Crippen LogP contribution in [0.3, 0.4) is 0 Å². The lowest BCUT2D eigenvalue weighted by Gasteiger charge is -2.11. The molecule has 0 aromatic rings. The Hall–Kier alpha value is -0.0800. The van der Waals surface area contributed by atoms with Crippen molar-refractivity contribution in [3.05, 3.63) is 0 Å². The molecule has 0 radical (unpaired) electrons. The molecule has 62 valence electrons. The Morgan fingerprint density at radius 3 is 2.30 bits per heavy atom. The first-order valence-electron chi connectivity index (χ1n) is 3.98. The van der Waals surface area contributed by atoms with Gasteiger partial charge in [0, 0.05) is 13.2 Å². The van der Waals surface area contributed by atoms with Crippen molar-refractivity contribution in [1.29, 1.82) is 0 Å². The zero-order chi connectivity index (χ0) is 7.98. The highest BCUT2D eigenvalue weighted by atomic mass is 16.5. The Morgan fingerprint density at radius 2 is 1.90 bits per heavy atom. The first kappa shape index (κ1) is 9.92. The van der Waals surface area contributed by atoms with Gasteiger partial charge in [0.2, 0.25) is 0 Å². The average molecular weight is 145 g/mol. The number of rotatable bonds is 5. The van der Waals surface area contributed by atoms with E-state index in [2.05, 4.69) is 13.8 Å². The molecule has 2 N–H and O–H groups in total. The van der Waals surface area contributed by atoms with Crippen LogP contribution in [0.5, 0.6) is 0 Å². The minimum Gasteiger partial charge on any atom is -0.377 e. The van der Waals surface area contributed by atoms with Crippen LogP contribution in [0.15, 0.2) is 0 Å². The smallest absolute Gasteiger partial charge is 0.0669 e. The van der Waals surface area contributed by atoms with Crippen LogP contribution < -0.4 is 5.73 Å². The zero-order valence-corrected chi connectivity index (χ0v) is 7.26. The third-order valence-corrected chi connectivity index (χ3v) is 1.43. The average Bonchev–Trinajstić information content (AvgIpc) is 1.87. The van der Waals surface area contributed by atoms with E-state index < -0.39 is 0 Å². The van der Waals surface area contributed by atoms with Gasteiger partial charge in [0.1, 0.15) is 0 Å². The Balaban J connectivity index is 3.03. The maximum absolute atomic E-state index is 5.38. The zero-order valence-electron chi connectivity index (χ0n) is 7.26. The summed E-state index contributed by atoms with van der Waals surface area (Å²) in [6, 6.07) is 0. The van der Waals surface area contributed by atoms with Crippen molar-refractivity contribution >= 4 is 0 Å². The van der Waals surface area contributed by atoms with Crippen LogP contribution in [0.4, 0.5) is 0 Å². The molecule has 1 atom stereocenters. The first-order chi connectivity index (χ1) is 4.66. The Bertz CT molecular complexity index is 73.7. The molecule has 0 aromatic heterocycles. The Labute approximate surface area is 63.7 Å². The maximum atomic E-state index is 5.38. The van der Waals surface area contributed by atoms with Crippen molar-refractivity contribution in [2.45, 2.75) is 33.3 Å². The molecular weight excluding hydrogens is 126 g/mol. The lowest BCUT2D eigenvalue weighted by Crippen LogP contribution is -2.20. The van der Waals surface area contributed by atoms with Gasteiger partial charge < -0.3 is 10.5 Å². The maximum Gasteiger partial charge on any atom is 0.0669 e. The highest BCUT2D eigenvalue weighted by Gasteiger charge is 1.98. The van der Waals surface area contributed by atoms with Gasteiger partial charge in [0.25, 0.3) is 0 Å². The van der Waals surface area contributed by atoms with Crippen molar-refractivity contribution in [1.82, 2.24) is 0 Å². The van der Waals surface area contributed by atoms with Crippen molar-refractivity contribution in [3.63, 3.8) is 0 Å². The fourth-order valence-corrected chi connectivity index (χ4v) is 0.573. The molecule has 0 saturated carbocycles. The number of nitrogens with two attached hydrogens (primary N) is 1. The van der Waals surface area contributed by atoms with Gasteiger partial charge in [-0.15, -0.1) is 0 Å². The molecule has 1 unspecified atom stereocenters. The summed E-state index contributed by atoms with van der Waals surface area (Å²) in [7, 11) is 0. The Kier molecular flexibility index (Phi) is 5.64. The standard InChI is InChI=1S/C8H19NO/c1-7(2)4-5-10-8(3)6-9/h7-8H,4-6,9H2,1-3H3. The van der Waals surface area contributed by atoms with Crippen LogP contribution in [0.1, 0.15) is 27.2 Å². The molecule has 2 heteroatoms. The molecule has 0 aliphatic rings. The van der Waals surface area contributed by atoms with Crippen LogP contribution in [-0.4, -0.2) is 19.3 Å². The van der Waals surface area contributed by atoms with Crippen molar-refractivity contribution in [3.8, 4) is 0 Å². The topological polar surface area (TPSA) is 35.2 Å². The minimum atomic E-state index is 0.221. The molecule has 0 amide bonds. The summed E-state index contributed by atoms with van der Waals surface area (Å²) in [5.74, 6) is 0.727. The third kappa shape index (κ3) is 6.05. The molecule has 0 aromatic carbocycles. The van der Waals surface area contributed by atoms with E-state index in [0.29, 0.717) is 6.54 Å². The van der Waals surface area contributed by atoms with Crippen LogP contribution in [0.25, 0.3) is 0 Å². The molecule has 0 saturated heterocycles. The monoisotopic (exact) mass is 145 g/mol. The predicted molar refractivity (Wildman–Crippen MR) is 43.9 cm³/mol. The minimum absolute atomic E-state index is 0.221. The van der Waals surface area contributed by atoms with E-state index in [0.717, 1.165) is 18.9 Å². The second-order valence-corrected chi connectivity index (χ2v) is 3.10. The highest BCUT2D eigenvalue weighted by Crippen LogP contribution is 2.00. The second-order valence-electron chi connectivity index (χ2n) is 3.10. The molecule has 0 heterocycles. The normalized spacial score (nSPS) is 14.1. The van der Waals surface area contributed by atoms with Gasteiger partial charge in [0.15, 0.2) is 0 Å². The van der Waals surface area contributed by atoms with E-state index in [9.17, 15) is 0 Å². The van der Waals surface area contributed by atoms with Gasteiger partial charge in [-0.2, -0.15) is 0 Å². The number of hydrogen-bond acceptors (Lipinski definition) is 2. The molecule has 0 aliphatic carbocycles. The third-order valence-electron chi connectivity index (χ3n) is 1.43. The van der Waals surface area contributed by atoms with E-state index in [1.165, 1.54) is 0 Å². The van der Waals surface area contributed by atoms with Crippen LogP contribution in [0, 0.1) is 5.92 Å². The fourth-order valence-electron chi connectivity index (χ4n) is 0.573. The van der Waals surface area contributed by atoms with E-state index >= 15 is 0 Å². The van der Waals surface area contributed by atoms with E-state index in [1.807, 2.05) is 6.92 Å². The van der Waals surface area contributed by atoms with E-state index in [4.69, 9.17) is 10.5 Å². The molecule has 10 heavy (non-hydrogen) atoms. The van der Waals surface area contributed by atoms with E-state index in [1.54, 1.807) is 0 Å². The van der Waals surface area contributed by atoms with Crippen LogP contribution in [0.2, 0.25) is 0 Å². The molecule has 0 rings (SSSR count). The molecule has 0 aliphatic heterocycles. The van der Waals surface area contributed by atoms with E-state index in [-0.39, 0.29) is 6.10 Å². The van der Waals surface area contributed by atoms with Crippen molar-refractivity contribution in [2.75, 3.05) is 13.2 Å². The molecule has 0 bridgehead atoms. The van der Waals surface area contributed by atoms with Gasteiger partial charge in [-0.25, -0.2) is 0 Å². The Morgan fingerprint density at radius 1 is 1.30 bits per heavy atom. The highest BCUT2D eigenvalue weighted by molar-refractivity contribution is 4.49. The SMILES string of the molecule is CC(C)CCOC(C)CN. The van der Waals surface area contributed by atoms with Crippen LogP contribution in [-0.2, 0) is 4.74 Å². The van der Waals surface area contributed by atoms with Gasteiger partial charge >= 0.3 is 0 Å². The molecule has 0 spiro atoms.